The lowest BCUT2D eigenvalue weighted by atomic mass is 10.1. The third-order valence-electron chi connectivity index (χ3n) is 4.73. The number of hydrogen-bond donors (Lipinski definition) is 0. The van der Waals surface area contributed by atoms with Crippen molar-refractivity contribution in [3.8, 4) is 0 Å². The topological polar surface area (TPSA) is 45.7 Å². The normalized spacial score (nSPS) is 15.0. The minimum Gasteiger partial charge on any atom is -0.379 e. The Bertz CT molecular complexity index is 705. The Kier molecular flexibility index (Phi) is 7.83. The van der Waals surface area contributed by atoms with Crippen molar-refractivity contribution in [1.82, 2.24) is 9.88 Å². The van der Waals surface area contributed by atoms with Crippen molar-refractivity contribution in [2.24, 2.45) is 0 Å². The van der Waals surface area contributed by atoms with Crippen molar-refractivity contribution in [3.05, 3.63) is 23.3 Å². The second kappa shape index (κ2) is 9.65. The van der Waals surface area contributed by atoms with Crippen molar-refractivity contribution < 1.29 is 9.53 Å². The average molecular weight is 398 g/mol. The second-order valence-electron chi connectivity index (χ2n) is 6.65. The van der Waals surface area contributed by atoms with Crippen LogP contribution in [0.5, 0.6) is 0 Å². The number of carbonyl (C=O) groups excluding carboxylic acids is 1. The quantitative estimate of drug-likeness (QED) is 0.743. The summed E-state index contributed by atoms with van der Waals surface area (Å²) in [5.41, 5.74) is 3.50. The molecular formula is C19H28ClN3O2S. The molecule has 0 atom stereocenters. The summed E-state index contributed by atoms with van der Waals surface area (Å²) in [7, 11) is 0. The third kappa shape index (κ3) is 4.94. The summed E-state index contributed by atoms with van der Waals surface area (Å²) < 4.78 is 6.56. The van der Waals surface area contributed by atoms with Crippen LogP contribution in [0.3, 0.4) is 0 Å². The number of anilines is 1. The van der Waals surface area contributed by atoms with Gasteiger partial charge < -0.3 is 4.74 Å². The van der Waals surface area contributed by atoms with Gasteiger partial charge in [0.25, 0.3) is 0 Å². The zero-order chi connectivity index (χ0) is 17.8. The maximum Gasteiger partial charge on any atom is 0.228 e. The summed E-state index contributed by atoms with van der Waals surface area (Å²) in [4.78, 5) is 21.7. The first kappa shape index (κ1) is 21.1. The third-order valence-corrected chi connectivity index (χ3v) is 5.77. The van der Waals surface area contributed by atoms with Crippen molar-refractivity contribution >= 4 is 45.0 Å². The summed E-state index contributed by atoms with van der Waals surface area (Å²) >= 11 is 1.62. The maximum absolute atomic E-state index is 12.7. The highest BCUT2D eigenvalue weighted by Crippen LogP contribution is 2.31. The number of hydrogen-bond acceptors (Lipinski definition) is 5. The van der Waals surface area contributed by atoms with E-state index in [9.17, 15) is 4.79 Å². The van der Waals surface area contributed by atoms with Gasteiger partial charge in [0.1, 0.15) is 0 Å². The van der Waals surface area contributed by atoms with Gasteiger partial charge in [0.2, 0.25) is 5.91 Å². The van der Waals surface area contributed by atoms with Gasteiger partial charge in [0, 0.05) is 32.6 Å². The van der Waals surface area contributed by atoms with Crippen LogP contribution in [-0.2, 0) is 9.53 Å². The molecule has 2 aromatic rings. The molecule has 26 heavy (non-hydrogen) atoms. The second-order valence-corrected chi connectivity index (χ2v) is 7.66. The number of nitrogens with zero attached hydrogens (tertiary/aromatic N) is 3. The van der Waals surface area contributed by atoms with Crippen LogP contribution in [0.15, 0.2) is 12.1 Å². The lowest BCUT2D eigenvalue weighted by Gasteiger charge is -2.29. The first-order chi connectivity index (χ1) is 12.1. The lowest BCUT2D eigenvalue weighted by Crippen LogP contribution is -2.43. The largest absolute Gasteiger partial charge is 0.379 e. The molecule has 5 nitrogen and oxygen atoms in total. The van der Waals surface area contributed by atoms with Crippen LogP contribution in [0.2, 0.25) is 0 Å². The van der Waals surface area contributed by atoms with E-state index in [0.717, 1.165) is 54.6 Å². The van der Waals surface area contributed by atoms with Crippen molar-refractivity contribution in [3.63, 3.8) is 0 Å². The van der Waals surface area contributed by atoms with E-state index < -0.39 is 0 Å². The number of rotatable bonds is 6. The maximum atomic E-state index is 12.7. The predicted octanol–water partition coefficient (Wildman–Crippen LogP) is 3.80. The number of thiazole rings is 1. The Labute approximate surface area is 165 Å². The summed E-state index contributed by atoms with van der Waals surface area (Å²) in [5.74, 6) is 0.170. The monoisotopic (exact) mass is 397 g/mol. The van der Waals surface area contributed by atoms with Crippen LogP contribution >= 0.6 is 23.7 Å². The molecule has 1 amide bonds. The van der Waals surface area contributed by atoms with Gasteiger partial charge in [-0.05, 0) is 43.5 Å². The molecule has 144 valence electrons. The molecule has 1 aliphatic rings. The number of benzene rings is 1. The van der Waals surface area contributed by atoms with Crippen molar-refractivity contribution in [2.75, 3.05) is 44.3 Å². The lowest BCUT2D eigenvalue weighted by molar-refractivity contribution is -0.118. The Hall–Kier alpha value is -1.21. The molecular weight excluding hydrogens is 370 g/mol. The fourth-order valence-electron chi connectivity index (χ4n) is 3.03. The number of ether oxygens (including phenoxy) is 1. The molecule has 1 aromatic heterocycles. The number of aryl methyl sites for hydroxylation is 2. The molecule has 1 saturated heterocycles. The van der Waals surface area contributed by atoms with Crippen LogP contribution in [0.1, 0.15) is 30.9 Å². The first-order valence-corrected chi connectivity index (χ1v) is 9.88. The summed E-state index contributed by atoms with van der Waals surface area (Å²) in [6, 6.07) is 4.30. The predicted molar refractivity (Wildman–Crippen MR) is 111 cm³/mol. The van der Waals surface area contributed by atoms with Gasteiger partial charge in [-0.2, -0.15) is 0 Å². The van der Waals surface area contributed by atoms with Crippen LogP contribution < -0.4 is 4.90 Å². The minimum absolute atomic E-state index is 0. The Morgan fingerprint density at radius 3 is 2.65 bits per heavy atom. The Balaban J connectivity index is 0.00000243. The van der Waals surface area contributed by atoms with Crippen LogP contribution in [0, 0.1) is 13.8 Å². The van der Waals surface area contributed by atoms with Gasteiger partial charge in [-0.15, -0.1) is 12.4 Å². The summed E-state index contributed by atoms with van der Waals surface area (Å²) in [5, 5.41) is 0.826. The van der Waals surface area contributed by atoms with E-state index in [4.69, 9.17) is 9.72 Å². The molecule has 0 spiro atoms. The van der Waals surface area contributed by atoms with E-state index >= 15 is 0 Å². The van der Waals surface area contributed by atoms with E-state index in [-0.39, 0.29) is 18.3 Å². The molecule has 1 aliphatic heterocycles. The molecule has 2 heterocycles. The zero-order valence-electron chi connectivity index (χ0n) is 15.8. The molecule has 0 aliphatic carbocycles. The standard InChI is InChI=1S/C19H27N3O2S.ClH/c1-4-5-18(23)22(7-6-21-8-10-24-11-9-21)19-20-16-12-14(2)15(3)13-17(16)25-19;/h12-13H,4-11H2,1-3H3;1H. The molecule has 0 radical (unpaired) electrons. The molecule has 7 heteroatoms. The highest BCUT2D eigenvalue weighted by Gasteiger charge is 2.21. The highest BCUT2D eigenvalue weighted by molar-refractivity contribution is 7.22. The van der Waals surface area contributed by atoms with Gasteiger partial charge in [-0.25, -0.2) is 4.98 Å². The van der Waals surface area contributed by atoms with E-state index in [1.807, 2.05) is 11.8 Å². The van der Waals surface area contributed by atoms with E-state index in [2.05, 4.69) is 30.9 Å². The Morgan fingerprint density at radius 2 is 1.96 bits per heavy atom. The average Bonchev–Trinajstić information content (AvgIpc) is 2.99. The van der Waals surface area contributed by atoms with Crippen molar-refractivity contribution in [1.29, 1.82) is 0 Å². The van der Waals surface area contributed by atoms with Gasteiger partial charge in [0.05, 0.1) is 23.4 Å². The number of morpholine rings is 1. The first-order valence-electron chi connectivity index (χ1n) is 9.06. The zero-order valence-corrected chi connectivity index (χ0v) is 17.4. The molecule has 1 aromatic carbocycles. The number of fused-ring (bicyclic) bond motifs is 1. The van der Waals surface area contributed by atoms with Crippen LogP contribution in [-0.4, -0.2) is 55.2 Å². The fraction of sp³-hybridized carbons (Fsp3) is 0.579. The van der Waals surface area contributed by atoms with Gasteiger partial charge in [-0.3, -0.25) is 14.6 Å². The molecule has 3 rings (SSSR count). The highest BCUT2D eigenvalue weighted by atomic mass is 35.5. The fourth-order valence-corrected chi connectivity index (χ4v) is 4.11. The molecule has 0 saturated carbocycles. The number of amides is 1. The van der Waals surface area contributed by atoms with Crippen LogP contribution in [0.4, 0.5) is 5.13 Å². The van der Waals surface area contributed by atoms with Crippen molar-refractivity contribution in [2.45, 2.75) is 33.6 Å². The minimum atomic E-state index is 0. The van der Waals surface area contributed by atoms with Gasteiger partial charge in [0.15, 0.2) is 5.13 Å². The number of aromatic nitrogens is 1. The Morgan fingerprint density at radius 1 is 1.27 bits per heavy atom. The molecule has 0 N–H and O–H groups in total. The smallest absolute Gasteiger partial charge is 0.228 e. The van der Waals surface area contributed by atoms with E-state index in [1.54, 1.807) is 11.3 Å². The summed E-state index contributed by atoms with van der Waals surface area (Å²) in [6.45, 7) is 11.3. The van der Waals surface area contributed by atoms with E-state index in [0.29, 0.717) is 13.0 Å². The van der Waals surface area contributed by atoms with Gasteiger partial charge >= 0.3 is 0 Å². The molecule has 1 fully saturated rings. The van der Waals surface area contributed by atoms with E-state index in [1.165, 1.54) is 11.1 Å². The van der Waals surface area contributed by atoms with Crippen LogP contribution in [0.25, 0.3) is 10.2 Å². The number of halogens is 1. The molecule has 0 bridgehead atoms. The molecule has 0 unspecified atom stereocenters. The SMILES string of the molecule is CCCC(=O)N(CCN1CCOCC1)c1nc2cc(C)c(C)cc2s1.Cl. The summed E-state index contributed by atoms with van der Waals surface area (Å²) in [6.07, 6.45) is 1.42. The van der Waals surface area contributed by atoms with Gasteiger partial charge in [-0.1, -0.05) is 18.3 Å². The number of carbonyl (C=O) groups is 1.